The van der Waals surface area contributed by atoms with E-state index in [0.717, 1.165) is 55.6 Å². The van der Waals surface area contributed by atoms with Crippen LogP contribution >= 0.6 is 0 Å². The minimum Gasteiger partial charge on any atom is 0 e. The van der Waals surface area contributed by atoms with E-state index in [0.29, 0.717) is 11.8 Å². The number of nitrogens with zero attached hydrogens (tertiary/aromatic N) is 3. The smallest absolute Gasteiger partial charge is 0 e. The molecule has 0 aliphatic heterocycles. The van der Waals surface area contributed by atoms with Crippen molar-refractivity contribution in [1.82, 2.24) is 14.5 Å². The van der Waals surface area contributed by atoms with Gasteiger partial charge in [0.1, 0.15) is 5.58 Å². The van der Waals surface area contributed by atoms with Crippen LogP contribution in [0.5, 0.6) is 0 Å². The SMILES string of the molecule is CC(C)c1cccc(C(C)C)c1-n1c(-c2[c-]ccc3c2oc2c4c(ccc23)-c2ccccc2C4(C)C)nc2ccccc21.[CH3][Ge]([CH3])([CH3])[c]1ccc(-c2[c-]cccc2)nc1.[Ir]. The molecule has 0 unspecified atom stereocenters. The van der Waals surface area contributed by atoms with E-state index in [1.54, 1.807) is 0 Å². The van der Waals surface area contributed by atoms with Crippen molar-refractivity contribution in [3.8, 4) is 39.5 Å². The van der Waals surface area contributed by atoms with Gasteiger partial charge in [0, 0.05) is 42.2 Å². The Hall–Kier alpha value is -5.07. The second kappa shape index (κ2) is 16.1. The van der Waals surface area contributed by atoms with Gasteiger partial charge in [0.2, 0.25) is 0 Å². The zero-order valence-corrected chi connectivity index (χ0v) is 40.4. The fourth-order valence-electron chi connectivity index (χ4n) is 8.95. The van der Waals surface area contributed by atoms with Crippen LogP contribution in [0.4, 0.5) is 0 Å². The summed E-state index contributed by atoms with van der Waals surface area (Å²) < 4.78 is 10.8. The van der Waals surface area contributed by atoms with Crippen molar-refractivity contribution >= 4 is 50.6 Å². The number of imidazole rings is 1. The normalized spacial score (nSPS) is 13.1. The molecule has 3 heterocycles. The Labute approximate surface area is 370 Å². The molecular weight excluding hydrogens is 971 g/mol. The summed E-state index contributed by atoms with van der Waals surface area (Å²) in [7, 11) is 0. The van der Waals surface area contributed by atoms with Crippen LogP contribution in [-0.4, -0.2) is 27.8 Å². The molecule has 0 amide bonds. The predicted octanol–water partition coefficient (Wildman–Crippen LogP) is 14.0. The Bertz CT molecular complexity index is 2980. The van der Waals surface area contributed by atoms with Gasteiger partial charge in [-0.05, 0) is 51.8 Å². The Morgan fingerprint density at radius 2 is 1.37 bits per heavy atom. The Morgan fingerprint density at radius 3 is 2.05 bits per heavy atom. The molecule has 0 saturated carbocycles. The van der Waals surface area contributed by atoms with Crippen molar-refractivity contribution in [2.75, 3.05) is 0 Å². The molecule has 9 aromatic rings. The van der Waals surface area contributed by atoms with E-state index in [1.807, 2.05) is 36.5 Å². The first kappa shape index (κ1) is 41.7. The largest absolute Gasteiger partial charge is 0 e. The minimum atomic E-state index is -1.72. The predicted molar refractivity (Wildman–Crippen MR) is 250 cm³/mol. The Balaban J connectivity index is 0.000000248. The number of para-hydroxylation sites is 3. The molecule has 1 aliphatic carbocycles. The van der Waals surface area contributed by atoms with Crippen molar-refractivity contribution in [3.05, 3.63) is 168 Å². The number of furan rings is 1. The molecule has 6 aromatic carbocycles. The van der Waals surface area contributed by atoms with E-state index in [4.69, 9.17) is 9.40 Å². The van der Waals surface area contributed by atoms with Crippen LogP contribution in [0.3, 0.4) is 0 Å². The van der Waals surface area contributed by atoms with E-state index >= 15 is 0 Å². The van der Waals surface area contributed by atoms with Gasteiger partial charge in [-0.25, -0.2) is 0 Å². The standard InChI is InChI=1S/C40H35N2O.C14H16GeN.Ir/c1-23(2)25-14-11-15-26(24(3)4)36(25)42-34-20-10-9-19-33(34)41-39(42)31-17-12-16-29-30-22-21-28-27-13-7-8-18-32(27)40(5,6)35(28)38(30)43-37(29)31;1-15(2,3)13-9-10-14(16-11-13)12-7-5-4-6-8-12;/h7-16,18-24H,1-6H3;4-7,9-11H,1-3H3;/q2*-1;. The van der Waals surface area contributed by atoms with Crippen LogP contribution in [-0.2, 0) is 25.5 Å². The van der Waals surface area contributed by atoms with Gasteiger partial charge in [0.25, 0.3) is 0 Å². The monoisotopic (exact) mass is 1020 g/mol. The molecule has 10 rings (SSSR count). The summed E-state index contributed by atoms with van der Waals surface area (Å²) in [5.41, 5.74) is 15.6. The van der Waals surface area contributed by atoms with Crippen LogP contribution in [0.15, 0.2) is 138 Å². The third-order valence-electron chi connectivity index (χ3n) is 12.1. The van der Waals surface area contributed by atoms with Crippen LogP contribution in [0, 0.1) is 12.1 Å². The summed E-state index contributed by atoms with van der Waals surface area (Å²) in [5, 5.41) is 2.23. The topological polar surface area (TPSA) is 43.9 Å². The molecule has 303 valence electrons. The first-order valence-corrected chi connectivity index (χ1v) is 28.2. The van der Waals surface area contributed by atoms with Gasteiger partial charge in [-0.15, -0.1) is 18.2 Å². The van der Waals surface area contributed by atoms with Gasteiger partial charge in [-0.2, -0.15) is 0 Å². The molecular formula is C54H51GeIrN3O-2. The maximum atomic E-state index is 7.01. The fourth-order valence-corrected chi connectivity index (χ4v) is 11.1. The van der Waals surface area contributed by atoms with Crippen molar-refractivity contribution in [2.45, 2.75) is 76.1 Å². The van der Waals surface area contributed by atoms with E-state index in [1.165, 1.54) is 43.5 Å². The number of benzene rings is 6. The first-order valence-electron chi connectivity index (χ1n) is 20.9. The Kier molecular flexibility index (Phi) is 11.2. The quantitative estimate of drug-likeness (QED) is 0.123. The van der Waals surface area contributed by atoms with E-state index in [2.05, 4.69) is 178 Å². The summed E-state index contributed by atoms with van der Waals surface area (Å²) in [5.74, 6) is 8.70. The van der Waals surface area contributed by atoms with Gasteiger partial charge in [0.15, 0.2) is 0 Å². The van der Waals surface area contributed by atoms with Gasteiger partial charge < -0.3 is 8.98 Å². The second-order valence-corrected chi connectivity index (χ2v) is 28.7. The maximum Gasteiger partial charge on any atom is 0 e. The van der Waals surface area contributed by atoms with E-state index in [-0.39, 0.29) is 25.5 Å². The Morgan fingerprint density at radius 1 is 0.667 bits per heavy atom. The van der Waals surface area contributed by atoms with Crippen molar-refractivity contribution in [3.63, 3.8) is 0 Å². The van der Waals surface area contributed by atoms with Gasteiger partial charge >= 0.3 is 99.8 Å². The minimum absolute atomic E-state index is 0. The first-order chi connectivity index (χ1) is 28.3. The number of hydrogen-bond donors (Lipinski definition) is 0. The average Bonchev–Trinajstić information content (AvgIpc) is 3.88. The molecule has 60 heavy (non-hydrogen) atoms. The van der Waals surface area contributed by atoms with Crippen LogP contribution < -0.4 is 4.40 Å². The summed E-state index contributed by atoms with van der Waals surface area (Å²) in [6.07, 6.45) is 2.04. The molecule has 1 radical (unpaired) electrons. The number of aromatic nitrogens is 3. The molecule has 4 nitrogen and oxygen atoms in total. The van der Waals surface area contributed by atoms with Gasteiger partial charge in [-0.1, -0.05) is 119 Å². The molecule has 0 fully saturated rings. The van der Waals surface area contributed by atoms with Crippen LogP contribution in [0.1, 0.15) is 75.6 Å². The van der Waals surface area contributed by atoms with Gasteiger partial charge in [-0.3, -0.25) is 4.98 Å². The zero-order chi connectivity index (χ0) is 41.2. The van der Waals surface area contributed by atoms with Crippen molar-refractivity contribution in [2.24, 2.45) is 0 Å². The molecule has 1 aliphatic rings. The molecule has 0 saturated heterocycles. The molecule has 0 atom stereocenters. The average molecular weight is 1020 g/mol. The summed E-state index contributed by atoms with van der Waals surface area (Å²) >= 11 is -1.72. The van der Waals surface area contributed by atoms with Crippen LogP contribution in [0.25, 0.3) is 72.4 Å². The summed E-state index contributed by atoms with van der Waals surface area (Å²) in [4.78, 5) is 9.82. The van der Waals surface area contributed by atoms with E-state index < -0.39 is 13.3 Å². The number of pyridine rings is 1. The number of hydrogen-bond acceptors (Lipinski definition) is 3. The third-order valence-corrected chi connectivity index (χ3v) is 16.3. The van der Waals surface area contributed by atoms with Crippen LogP contribution in [0.2, 0.25) is 17.3 Å². The second-order valence-electron chi connectivity index (χ2n) is 18.0. The molecule has 0 N–H and O–H groups in total. The molecule has 6 heteroatoms. The maximum absolute atomic E-state index is 7.01. The number of fused-ring (bicyclic) bond motifs is 8. The summed E-state index contributed by atoms with van der Waals surface area (Å²) in [6, 6.07) is 51.7. The molecule has 3 aromatic heterocycles. The number of rotatable bonds is 6. The molecule has 0 spiro atoms. The molecule has 0 bridgehead atoms. The zero-order valence-electron chi connectivity index (χ0n) is 35.9. The fraction of sp³-hybridized carbons (Fsp3) is 0.222. The van der Waals surface area contributed by atoms with Crippen molar-refractivity contribution < 1.29 is 24.5 Å². The van der Waals surface area contributed by atoms with Crippen molar-refractivity contribution in [1.29, 1.82) is 0 Å². The van der Waals surface area contributed by atoms with E-state index in [9.17, 15) is 0 Å². The van der Waals surface area contributed by atoms with Gasteiger partial charge in [0.05, 0.1) is 22.4 Å². The third kappa shape index (κ3) is 7.09. The summed E-state index contributed by atoms with van der Waals surface area (Å²) in [6.45, 7) is 13.7.